The number of hydrogen-bond donors (Lipinski definition) is 2. The lowest BCUT2D eigenvalue weighted by Gasteiger charge is -2.28. The monoisotopic (exact) mass is 430 g/mol. The largest absolute Gasteiger partial charge is 0.377 e. The Kier molecular flexibility index (Phi) is 5.46. The van der Waals surface area contributed by atoms with E-state index in [4.69, 9.17) is 5.73 Å². The zero-order valence-corrected chi connectivity index (χ0v) is 16.7. The van der Waals surface area contributed by atoms with Crippen molar-refractivity contribution in [1.29, 1.82) is 0 Å². The van der Waals surface area contributed by atoms with Crippen molar-refractivity contribution in [3.8, 4) is 10.6 Å². The van der Waals surface area contributed by atoms with Gasteiger partial charge in [0.05, 0.1) is 15.5 Å². The molecule has 2 heterocycles. The first kappa shape index (κ1) is 18.7. The minimum Gasteiger partial charge on any atom is -0.377 e. The minimum absolute atomic E-state index is 0.0193. The van der Waals surface area contributed by atoms with E-state index in [1.165, 1.54) is 35.2 Å². The van der Waals surface area contributed by atoms with Crippen LogP contribution in [0.5, 0.6) is 0 Å². The van der Waals surface area contributed by atoms with Crippen LogP contribution >= 0.6 is 34.9 Å². The highest BCUT2D eigenvalue weighted by molar-refractivity contribution is 8.25. The summed E-state index contributed by atoms with van der Waals surface area (Å²) in [6.45, 7) is 0. The molecule has 11 heteroatoms. The predicted octanol–water partition coefficient (Wildman–Crippen LogP) is 3.84. The Balaban J connectivity index is 1.56. The number of aromatic nitrogens is 2. The van der Waals surface area contributed by atoms with Gasteiger partial charge in [0.1, 0.15) is 5.01 Å². The van der Waals surface area contributed by atoms with Crippen LogP contribution in [0.3, 0.4) is 0 Å². The second kappa shape index (κ2) is 8.17. The van der Waals surface area contributed by atoms with E-state index in [-0.39, 0.29) is 16.3 Å². The first-order chi connectivity index (χ1) is 13.6. The molecule has 2 aromatic carbocycles. The molecule has 2 atom stereocenters. The van der Waals surface area contributed by atoms with Crippen molar-refractivity contribution in [2.24, 2.45) is 10.8 Å². The molecule has 0 radical (unpaired) electrons. The molecule has 0 fully saturated rings. The Morgan fingerprint density at radius 2 is 1.96 bits per heavy atom. The van der Waals surface area contributed by atoms with E-state index in [9.17, 15) is 10.1 Å². The van der Waals surface area contributed by atoms with E-state index in [1.54, 1.807) is 23.9 Å². The Morgan fingerprint density at radius 3 is 2.75 bits per heavy atom. The molecule has 1 aromatic heterocycles. The molecule has 0 bridgehead atoms. The van der Waals surface area contributed by atoms with Gasteiger partial charge >= 0.3 is 0 Å². The molecule has 4 rings (SSSR count). The van der Waals surface area contributed by atoms with Gasteiger partial charge in [-0.2, -0.15) is 5.10 Å². The first-order valence-electron chi connectivity index (χ1n) is 8.15. The summed E-state index contributed by atoms with van der Waals surface area (Å²) in [7, 11) is 0. The number of amidine groups is 1. The van der Waals surface area contributed by atoms with Gasteiger partial charge in [-0.15, -0.1) is 10.2 Å². The maximum absolute atomic E-state index is 11.0. The lowest BCUT2D eigenvalue weighted by molar-refractivity contribution is -0.384. The fourth-order valence-corrected chi connectivity index (χ4v) is 6.21. The Labute approximate surface area is 172 Å². The Bertz CT molecular complexity index is 1030. The van der Waals surface area contributed by atoms with Crippen LogP contribution in [0.1, 0.15) is 11.6 Å². The Hall–Kier alpha value is -2.63. The third kappa shape index (κ3) is 4.11. The molecule has 28 heavy (non-hydrogen) atoms. The number of benzene rings is 2. The van der Waals surface area contributed by atoms with Gasteiger partial charge in [-0.25, -0.2) is 0 Å². The molecule has 0 unspecified atom stereocenters. The number of non-ortho nitro benzene ring substituents is 1. The summed E-state index contributed by atoms with van der Waals surface area (Å²) in [5.41, 5.74) is 10.8. The van der Waals surface area contributed by atoms with Crippen LogP contribution in [-0.2, 0) is 0 Å². The number of hydrazone groups is 1. The van der Waals surface area contributed by atoms with Gasteiger partial charge in [0.15, 0.2) is 9.51 Å². The summed E-state index contributed by atoms with van der Waals surface area (Å²) in [5.74, 6) is 0. The maximum Gasteiger partial charge on any atom is 0.270 e. The number of nitro groups is 1. The third-order valence-electron chi connectivity index (χ3n) is 3.91. The zero-order chi connectivity index (χ0) is 19.5. The van der Waals surface area contributed by atoms with Gasteiger partial charge in [0.25, 0.3) is 5.69 Å². The molecule has 0 spiro atoms. The topological polar surface area (TPSA) is 119 Å². The summed E-state index contributed by atoms with van der Waals surface area (Å²) >= 11 is 4.42. The lowest BCUT2D eigenvalue weighted by Crippen LogP contribution is -2.33. The number of nitrogens with zero attached hydrogens (tertiary/aromatic N) is 4. The summed E-state index contributed by atoms with van der Waals surface area (Å²) in [4.78, 5) is 10.6. The third-order valence-corrected chi connectivity index (χ3v) is 7.42. The molecule has 1 aliphatic rings. The molecule has 0 saturated carbocycles. The molecule has 142 valence electrons. The molecule has 3 aromatic rings. The smallest absolute Gasteiger partial charge is 0.270 e. The van der Waals surface area contributed by atoms with Crippen molar-refractivity contribution >= 4 is 45.7 Å². The average Bonchev–Trinajstić information content (AvgIpc) is 3.17. The van der Waals surface area contributed by atoms with Crippen molar-refractivity contribution in [2.75, 3.05) is 0 Å². The van der Waals surface area contributed by atoms with Gasteiger partial charge in [-0.3, -0.25) is 15.5 Å². The highest BCUT2D eigenvalue weighted by Gasteiger charge is 2.30. The first-order valence-corrected chi connectivity index (χ1v) is 10.7. The second-order valence-corrected chi connectivity index (χ2v) is 9.58. The molecule has 1 aliphatic heterocycles. The van der Waals surface area contributed by atoms with Crippen LogP contribution < -0.4 is 11.2 Å². The fraction of sp³-hybridized carbons (Fsp3) is 0.118. The number of thioether (sulfide) groups is 2. The summed E-state index contributed by atoms with van der Waals surface area (Å²) in [5, 5.41) is 24.7. The summed E-state index contributed by atoms with van der Waals surface area (Å²) in [6, 6.07) is 16.4. The minimum atomic E-state index is -0.420. The standard InChI is InChI=1S/C17H14N6O2S3/c18-16-21-19-13(10-5-2-1-3-6-10)15(27-16)28-17-22-20-14(26-17)11-7-4-8-12(9-11)23(24)25/h1-9,13,15,19H,(H2,18,21)/t13-,15+/m0/s1. The average molecular weight is 431 g/mol. The molecule has 0 aliphatic carbocycles. The molecule has 8 nitrogen and oxygen atoms in total. The fourth-order valence-electron chi connectivity index (χ4n) is 2.62. The number of nitrogens with two attached hydrogens (primary N) is 1. The lowest BCUT2D eigenvalue weighted by atomic mass is 10.1. The van der Waals surface area contributed by atoms with E-state index in [0.29, 0.717) is 15.7 Å². The second-order valence-electron chi connectivity index (χ2n) is 5.75. The number of nitro benzene ring substituents is 1. The van der Waals surface area contributed by atoms with Gasteiger partial charge < -0.3 is 5.73 Å². The Morgan fingerprint density at radius 1 is 1.14 bits per heavy atom. The van der Waals surface area contributed by atoms with Crippen molar-refractivity contribution in [2.45, 2.75) is 15.0 Å². The van der Waals surface area contributed by atoms with Gasteiger partial charge in [0.2, 0.25) is 0 Å². The van der Waals surface area contributed by atoms with E-state index >= 15 is 0 Å². The molecule has 0 amide bonds. The van der Waals surface area contributed by atoms with Gasteiger partial charge in [0, 0.05) is 17.7 Å². The highest BCUT2D eigenvalue weighted by atomic mass is 32.2. The summed E-state index contributed by atoms with van der Waals surface area (Å²) in [6.07, 6.45) is 0. The number of rotatable bonds is 5. The van der Waals surface area contributed by atoms with Gasteiger partial charge in [-0.1, -0.05) is 77.3 Å². The number of hydrogen-bond acceptors (Lipinski definition) is 10. The molecular weight excluding hydrogens is 416 g/mol. The van der Waals surface area contributed by atoms with E-state index < -0.39 is 4.92 Å². The van der Waals surface area contributed by atoms with E-state index in [2.05, 4.69) is 20.7 Å². The quantitative estimate of drug-likeness (QED) is 0.463. The highest BCUT2D eigenvalue weighted by Crippen LogP contribution is 2.43. The normalized spacial score (nSPS) is 18.9. The van der Waals surface area contributed by atoms with Crippen molar-refractivity contribution in [3.63, 3.8) is 0 Å². The SMILES string of the molecule is NC1=NN[C@@H](c2ccccc2)[C@@H](Sc2nnc(-c3cccc([N+](=O)[O-])c3)s2)S1. The van der Waals surface area contributed by atoms with Gasteiger partial charge in [-0.05, 0) is 5.56 Å². The maximum atomic E-state index is 11.0. The van der Waals surface area contributed by atoms with Crippen molar-refractivity contribution in [3.05, 3.63) is 70.3 Å². The van der Waals surface area contributed by atoms with Crippen LogP contribution in [0, 0.1) is 10.1 Å². The van der Waals surface area contributed by atoms with Crippen LogP contribution in [0.4, 0.5) is 5.69 Å². The van der Waals surface area contributed by atoms with Crippen LogP contribution in [0.2, 0.25) is 0 Å². The zero-order valence-electron chi connectivity index (χ0n) is 14.3. The molecular formula is C17H14N6O2S3. The van der Waals surface area contributed by atoms with E-state index in [1.807, 2.05) is 30.3 Å². The predicted molar refractivity (Wildman–Crippen MR) is 113 cm³/mol. The molecule has 3 N–H and O–H groups in total. The molecule has 0 saturated heterocycles. The summed E-state index contributed by atoms with van der Waals surface area (Å²) < 4.78 is 0.780. The van der Waals surface area contributed by atoms with Crippen molar-refractivity contribution < 1.29 is 4.92 Å². The van der Waals surface area contributed by atoms with Crippen molar-refractivity contribution in [1.82, 2.24) is 15.6 Å². The van der Waals surface area contributed by atoms with E-state index in [0.717, 1.165) is 9.90 Å². The van der Waals surface area contributed by atoms with Crippen LogP contribution in [0.25, 0.3) is 10.6 Å². The van der Waals surface area contributed by atoms with Crippen LogP contribution in [-0.4, -0.2) is 24.9 Å². The number of nitrogens with one attached hydrogen (secondary N) is 1. The van der Waals surface area contributed by atoms with Crippen LogP contribution in [0.15, 0.2) is 64.0 Å².